The van der Waals surface area contributed by atoms with Crippen LogP contribution in [-0.4, -0.2) is 0 Å². The van der Waals surface area contributed by atoms with Crippen LogP contribution in [0.25, 0.3) is 11.0 Å². The summed E-state index contributed by atoms with van der Waals surface area (Å²) in [6.07, 6.45) is 0. The van der Waals surface area contributed by atoms with Gasteiger partial charge in [-0.15, -0.1) is 0 Å². The van der Waals surface area contributed by atoms with Gasteiger partial charge in [0.2, 0.25) is 5.76 Å². The molecule has 12 heavy (non-hydrogen) atoms. The first-order valence-electron chi connectivity index (χ1n) is 3.49. The second-order valence-electron chi connectivity index (χ2n) is 2.49. The molecule has 0 atom stereocenters. The summed E-state index contributed by atoms with van der Waals surface area (Å²) >= 11 is 0. The Morgan fingerprint density at radius 3 is 2.92 bits per heavy atom. The molecule has 0 saturated heterocycles. The first-order chi connectivity index (χ1) is 5.81. The van der Waals surface area contributed by atoms with Crippen LogP contribution >= 0.6 is 0 Å². The van der Waals surface area contributed by atoms with Gasteiger partial charge in [-0.25, -0.2) is 0 Å². The Balaban J connectivity index is 2.85. The van der Waals surface area contributed by atoms with Crippen LogP contribution in [0, 0.1) is 11.3 Å². The predicted molar refractivity (Wildman–Crippen MR) is 45.3 cm³/mol. The highest BCUT2D eigenvalue weighted by atomic mass is 16.3. The fourth-order valence-electron chi connectivity index (χ4n) is 1.14. The summed E-state index contributed by atoms with van der Waals surface area (Å²) in [6, 6.07) is 9.02. The lowest BCUT2D eigenvalue weighted by Crippen LogP contribution is -1.82. The molecule has 0 aliphatic heterocycles. The van der Waals surface area contributed by atoms with Gasteiger partial charge < -0.3 is 10.2 Å². The van der Waals surface area contributed by atoms with Crippen molar-refractivity contribution in [2.24, 2.45) is 0 Å². The third-order valence-electron chi connectivity index (χ3n) is 1.68. The number of nitrogen functional groups attached to an aromatic ring is 1. The number of fused-ring (bicyclic) bond motifs is 1. The minimum atomic E-state index is 0.294. The second-order valence-corrected chi connectivity index (χ2v) is 2.49. The van der Waals surface area contributed by atoms with Crippen LogP contribution in [0.5, 0.6) is 0 Å². The maximum Gasteiger partial charge on any atom is 0.204 e. The van der Waals surface area contributed by atoms with Crippen molar-refractivity contribution in [1.82, 2.24) is 0 Å². The molecule has 0 spiro atoms. The lowest BCUT2D eigenvalue weighted by Gasteiger charge is -1.90. The molecule has 2 aromatic rings. The molecule has 1 aromatic carbocycles. The van der Waals surface area contributed by atoms with E-state index in [0.29, 0.717) is 17.0 Å². The molecule has 0 aliphatic carbocycles. The Morgan fingerprint density at radius 1 is 1.42 bits per heavy atom. The molecule has 0 unspecified atom stereocenters. The first kappa shape index (κ1) is 6.74. The Labute approximate surface area is 69.0 Å². The number of benzene rings is 1. The largest absolute Gasteiger partial charge is 0.443 e. The molecule has 0 bridgehead atoms. The van der Waals surface area contributed by atoms with Crippen molar-refractivity contribution in [3.8, 4) is 6.07 Å². The van der Waals surface area contributed by atoms with Crippen molar-refractivity contribution in [2.45, 2.75) is 0 Å². The summed E-state index contributed by atoms with van der Waals surface area (Å²) < 4.78 is 5.16. The quantitative estimate of drug-likeness (QED) is 0.595. The van der Waals surface area contributed by atoms with Crippen LogP contribution in [0.15, 0.2) is 28.7 Å². The zero-order valence-corrected chi connectivity index (χ0v) is 6.24. The van der Waals surface area contributed by atoms with Crippen LogP contribution in [0.2, 0.25) is 0 Å². The van der Waals surface area contributed by atoms with E-state index in [-0.39, 0.29) is 0 Å². The Morgan fingerprint density at radius 2 is 2.25 bits per heavy atom. The topological polar surface area (TPSA) is 63.0 Å². The zero-order chi connectivity index (χ0) is 8.55. The van der Waals surface area contributed by atoms with E-state index in [4.69, 9.17) is 15.4 Å². The molecule has 2 rings (SSSR count). The second kappa shape index (κ2) is 2.28. The number of rotatable bonds is 0. The molecule has 0 fully saturated rings. The van der Waals surface area contributed by atoms with Gasteiger partial charge >= 0.3 is 0 Å². The molecular weight excluding hydrogens is 152 g/mol. The number of nitriles is 1. The van der Waals surface area contributed by atoms with Gasteiger partial charge in [-0.2, -0.15) is 5.26 Å². The van der Waals surface area contributed by atoms with Crippen molar-refractivity contribution in [3.63, 3.8) is 0 Å². The number of anilines is 1. The molecule has 0 amide bonds. The third-order valence-corrected chi connectivity index (χ3v) is 1.68. The van der Waals surface area contributed by atoms with Gasteiger partial charge in [0.15, 0.2) is 5.58 Å². The summed E-state index contributed by atoms with van der Waals surface area (Å²) in [5.41, 5.74) is 6.78. The number of nitrogens with two attached hydrogens (primary N) is 1. The number of nitrogens with zero attached hydrogens (tertiary/aromatic N) is 1. The van der Waals surface area contributed by atoms with E-state index in [9.17, 15) is 0 Å². The molecule has 2 N–H and O–H groups in total. The number of hydrogen-bond acceptors (Lipinski definition) is 3. The normalized spacial score (nSPS) is 9.92. The van der Waals surface area contributed by atoms with Crippen molar-refractivity contribution in [3.05, 3.63) is 30.0 Å². The third kappa shape index (κ3) is 0.823. The van der Waals surface area contributed by atoms with E-state index in [0.717, 1.165) is 5.39 Å². The van der Waals surface area contributed by atoms with Gasteiger partial charge in [0, 0.05) is 11.5 Å². The molecule has 3 heteroatoms. The fourth-order valence-corrected chi connectivity index (χ4v) is 1.14. The number of para-hydroxylation sites is 1. The monoisotopic (exact) mass is 158 g/mol. The van der Waals surface area contributed by atoms with Crippen LogP contribution in [0.1, 0.15) is 5.76 Å². The van der Waals surface area contributed by atoms with E-state index < -0.39 is 0 Å². The Kier molecular flexibility index (Phi) is 1.28. The van der Waals surface area contributed by atoms with E-state index in [2.05, 4.69) is 0 Å². The van der Waals surface area contributed by atoms with Gasteiger partial charge in [0.05, 0.1) is 5.69 Å². The lowest BCUT2D eigenvalue weighted by molar-refractivity contribution is 0.601. The van der Waals surface area contributed by atoms with Gasteiger partial charge in [-0.05, 0) is 6.07 Å². The molecule has 1 aromatic heterocycles. The predicted octanol–water partition coefficient (Wildman–Crippen LogP) is 1.89. The van der Waals surface area contributed by atoms with Gasteiger partial charge in [-0.1, -0.05) is 12.1 Å². The van der Waals surface area contributed by atoms with Gasteiger partial charge in [-0.3, -0.25) is 0 Å². The summed E-state index contributed by atoms with van der Waals surface area (Å²) in [5.74, 6) is 0.294. The van der Waals surface area contributed by atoms with E-state index >= 15 is 0 Å². The Bertz CT molecular complexity index is 465. The number of hydrogen-bond donors (Lipinski definition) is 1. The van der Waals surface area contributed by atoms with Crippen LogP contribution in [-0.2, 0) is 0 Å². The molecule has 0 radical (unpaired) electrons. The van der Waals surface area contributed by atoms with Crippen LogP contribution in [0.3, 0.4) is 0 Å². The van der Waals surface area contributed by atoms with Gasteiger partial charge in [0.1, 0.15) is 6.07 Å². The van der Waals surface area contributed by atoms with E-state index in [1.165, 1.54) is 0 Å². The van der Waals surface area contributed by atoms with E-state index in [1.54, 1.807) is 12.1 Å². The molecular formula is C9H6N2O. The average molecular weight is 158 g/mol. The highest BCUT2D eigenvalue weighted by Crippen LogP contribution is 2.23. The van der Waals surface area contributed by atoms with Gasteiger partial charge in [0.25, 0.3) is 0 Å². The molecule has 3 nitrogen and oxygen atoms in total. The highest BCUT2D eigenvalue weighted by molar-refractivity contribution is 5.88. The minimum Gasteiger partial charge on any atom is -0.443 e. The van der Waals surface area contributed by atoms with Crippen molar-refractivity contribution >= 4 is 16.7 Å². The first-order valence-corrected chi connectivity index (χ1v) is 3.49. The molecule has 0 saturated carbocycles. The van der Waals surface area contributed by atoms with E-state index in [1.807, 2.05) is 18.2 Å². The highest BCUT2D eigenvalue weighted by Gasteiger charge is 2.04. The molecule has 58 valence electrons. The summed E-state index contributed by atoms with van der Waals surface area (Å²) in [5, 5.41) is 9.41. The summed E-state index contributed by atoms with van der Waals surface area (Å²) in [6.45, 7) is 0. The zero-order valence-electron chi connectivity index (χ0n) is 6.24. The van der Waals surface area contributed by atoms with Crippen molar-refractivity contribution in [1.29, 1.82) is 5.26 Å². The Hall–Kier alpha value is -1.95. The van der Waals surface area contributed by atoms with Crippen LogP contribution < -0.4 is 5.73 Å². The standard InChI is InChI=1S/C9H6N2O/c10-5-7-4-6-2-1-3-8(11)9(6)12-7/h1-4H,11H2. The summed E-state index contributed by atoms with van der Waals surface area (Å²) in [4.78, 5) is 0. The fraction of sp³-hybridized carbons (Fsp3) is 0. The lowest BCUT2D eigenvalue weighted by atomic mass is 10.2. The minimum absolute atomic E-state index is 0.294. The van der Waals surface area contributed by atoms with Crippen molar-refractivity contribution < 1.29 is 4.42 Å². The SMILES string of the molecule is N#Cc1cc2cccc(N)c2o1. The molecule has 0 aliphatic rings. The maximum absolute atomic E-state index is 8.54. The summed E-state index contributed by atoms with van der Waals surface area (Å²) in [7, 11) is 0. The molecule has 1 heterocycles. The van der Waals surface area contributed by atoms with Crippen LogP contribution in [0.4, 0.5) is 5.69 Å². The maximum atomic E-state index is 8.54. The smallest absolute Gasteiger partial charge is 0.204 e. The average Bonchev–Trinajstić information content (AvgIpc) is 2.49. The number of furan rings is 1. The van der Waals surface area contributed by atoms with Crippen molar-refractivity contribution in [2.75, 3.05) is 5.73 Å².